The summed E-state index contributed by atoms with van der Waals surface area (Å²) in [6.45, 7) is 4.87. The molecule has 38 heavy (non-hydrogen) atoms. The number of aromatic hydroxyl groups is 2. The lowest BCUT2D eigenvalue weighted by Gasteiger charge is -2.15. The zero-order valence-corrected chi connectivity index (χ0v) is 22.9. The maximum absolute atomic E-state index is 12.1. The number of methoxy groups -OCH3 is 1. The van der Waals surface area contributed by atoms with Crippen molar-refractivity contribution in [2.75, 3.05) is 32.7 Å². The number of phenolic OH excluding ortho intramolecular Hbond substituents is 2. The van der Waals surface area contributed by atoms with Crippen LogP contribution in [0.15, 0.2) is 66.7 Å². The van der Waals surface area contributed by atoms with E-state index < -0.39 is 5.78 Å². The van der Waals surface area contributed by atoms with Crippen molar-refractivity contribution in [2.24, 2.45) is 5.92 Å². The molecule has 1 unspecified atom stereocenters. The molecule has 0 aliphatic heterocycles. The fourth-order valence-electron chi connectivity index (χ4n) is 3.71. The molecular weight excluding hydrogens is 482 g/mol. The molecule has 7 heteroatoms. The van der Waals surface area contributed by atoms with E-state index >= 15 is 0 Å². The van der Waals surface area contributed by atoms with Crippen LogP contribution in [-0.2, 0) is 4.74 Å². The van der Waals surface area contributed by atoms with E-state index in [1.54, 1.807) is 18.2 Å². The van der Waals surface area contributed by atoms with Gasteiger partial charge in [0, 0.05) is 25.8 Å². The number of ketones is 1. The van der Waals surface area contributed by atoms with Crippen LogP contribution in [0.1, 0.15) is 65.8 Å². The maximum Gasteiger partial charge on any atom is 0.338 e. The van der Waals surface area contributed by atoms with Crippen LogP contribution >= 0.6 is 0 Å². The van der Waals surface area contributed by atoms with E-state index in [0.717, 1.165) is 18.5 Å². The Hall–Kier alpha value is -4.00. The molecule has 0 aliphatic rings. The first kappa shape index (κ1) is 30.2. The van der Waals surface area contributed by atoms with E-state index in [0.29, 0.717) is 23.8 Å². The fraction of sp³-hybridized carbons (Fsp3) is 0.355. The number of nitrogens with zero attached hydrogens (tertiary/aromatic N) is 1. The number of anilines is 1. The molecule has 0 aliphatic carbocycles. The van der Waals surface area contributed by atoms with Gasteiger partial charge in [-0.2, -0.15) is 0 Å². The van der Waals surface area contributed by atoms with Gasteiger partial charge in [0.05, 0.1) is 30.4 Å². The Morgan fingerprint density at radius 1 is 0.895 bits per heavy atom. The van der Waals surface area contributed by atoms with Crippen LogP contribution in [-0.4, -0.2) is 49.8 Å². The summed E-state index contributed by atoms with van der Waals surface area (Å²) in [5, 5.41) is 19.4. The summed E-state index contributed by atoms with van der Waals surface area (Å²) in [6.07, 6.45) is 4.59. The van der Waals surface area contributed by atoms with Crippen molar-refractivity contribution < 1.29 is 29.3 Å². The highest BCUT2D eigenvalue weighted by atomic mass is 16.5. The van der Waals surface area contributed by atoms with E-state index in [-0.39, 0.29) is 28.6 Å². The number of carbonyl (C=O) groups is 2. The summed E-state index contributed by atoms with van der Waals surface area (Å²) in [6, 6.07) is 18.1. The van der Waals surface area contributed by atoms with Crippen molar-refractivity contribution in [1.82, 2.24) is 0 Å². The summed E-state index contributed by atoms with van der Waals surface area (Å²) < 4.78 is 10.4. The molecule has 0 amide bonds. The van der Waals surface area contributed by atoms with E-state index in [4.69, 9.17) is 9.47 Å². The minimum atomic E-state index is -0.437. The van der Waals surface area contributed by atoms with Gasteiger partial charge in [-0.1, -0.05) is 45.2 Å². The van der Waals surface area contributed by atoms with Gasteiger partial charge in [0.15, 0.2) is 5.78 Å². The number of esters is 1. The van der Waals surface area contributed by atoms with Crippen LogP contribution in [0.4, 0.5) is 5.69 Å². The predicted molar refractivity (Wildman–Crippen MR) is 151 cm³/mol. The minimum absolute atomic E-state index is 0.113. The molecule has 0 fully saturated rings. The third kappa shape index (κ3) is 8.83. The molecular formula is C31H39NO6. The molecule has 0 heterocycles. The molecule has 0 aromatic heterocycles. The van der Waals surface area contributed by atoms with Crippen LogP contribution < -0.4 is 9.64 Å². The molecule has 1 atom stereocenters. The van der Waals surface area contributed by atoms with Crippen LogP contribution in [0.25, 0.3) is 0 Å². The first-order chi connectivity index (χ1) is 18.2. The predicted octanol–water partition coefficient (Wildman–Crippen LogP) is 6.46. The molecule has 2 N–H and O–H groups in total. The monoisotopic (exact) mass is 521 g/mol. The third-order valence-corrected chi connectivity index (χ3v) is 6.21. The number of phenols is 2. The van der Waals surface area contributed by atoms with Crippen molar-refractivity contribution in [3.8, 4) is 17.2 Å². The Morgan fingerprint density at radius 3 is 2.11 bits per heavy atom. The highest BCUT2D eigenvalue weighted by molar-refractivity contribution is 6.12. The number of ether oxygens (including phenoxy) is 2. The SMILES string of the molecule is CCCCC(CC)COC(=O)c1ccc(N(C)C)cc1.COc1ccc(C(=O)c2ccccc2O)c(O)c1. The zero-order valence-electron chi connectivity index (χ0n) is 22.9. The number of para-hydroxylation sites is 1. The van der Waals surface area contributed by atoms with Gasteiger partial charge in [-0.15, -0.1) is 0 Å². The molecule has 0 spiro atoms. The molecule has 3 rings (SSSR count). The number of hydrogen-bond donors (Lipinski definition) is 2. The van der Waals surface area contributed by atoms with Gasteiger partial charge in [0.25, 0.3) is 0 Å². The lowest BCUT2D eigenvalue weighted by molar-refractivity contribution is 0.0428. The van der Waals surface area contributed by atoms with Gasteiger partial charge in [0.2, 0.25) is 0 Å². The van der Waals surface area contributed by atoms with Crippen molar-refractivity contribution in [2.45, 2.75) is 39.5 Å². The average molecular weight is 522 g/mol. The second-order valence-corrected chi connectivity index (χ2v) is 9.19. The van der Waals surface area contributed by atoms with Crippen molar-refractivity contribution in [1.29, 1.82) is 0 Å². The van der Waals surface area contributed by atoms with Gasteiger partial charge < -0.3 is 24.6 Å². The fourth-order valence-corrected chi connectivity index (χ4v) is 3.71. The number of rotatable bonds is 11. The average Bonchev–Trinajstić information content (AvgIpc) is 2.93. The van der Waals surface area contributed by atoms with Crippen LogP contribution in [0, 0.1) is 5.92 Å². The summed E-state index contributed by atoms with van der Waals surface area (Å²) in [5.41, 5.74) is 1.98. The summed E-state index contributed by atoms with van der Waals surface area (Å²) in [7, 11) is 5.43. The molecule has 0 saturated heterocycles. The zero-order chi connectivity index (χ0) is 28.1. The Bertz CT molecular complexity index is 1170. The molecule has 0 saturated carbocycles. The summed E-state index contributed by atoms with van der Waals surface area (Å²) in [5.74, 6) is 0.000103. The van der Waals surface area contributed by atoms with Crippen LogP contribution in [0.5, 0.6) is 17.2 Å². The van der Waals surface area contributed by atoms with Gasteiger partial charge in [-0.05, 0) is 60.9 Å². The summed E-state index contributed by atoms with van der Waals surface area (Å²) in [4.78, 5) is 26.1. The first-order valence-electron chi connectivity index (χ1n) is 12.9. The topological polar surface area (TPSA) is 96.3 Å². The third-order valence-electron chi connectivity index (χ3n) is 6.21. The molecule has 0 bridgehead atoms. The lowest BCUT2D eigenvalue weighted by atomic mass is 10.0. The molecule has 0 radical (unpaired) electrons. The Kier molecular flexibility index (Phi) is 12.2. The van der Waals surface area contributed by atoms with E-state index in [2.05, 4.69) is 13.8 Å². The standard InChI is InChI=1S/C17H27NO2.C14H12O4/c1-5-7-8-14(6-2)13-20-17(19)15-9-11-16(12-10-15)18(3)4;1-18-9-6-7-11(13(16)8-9)14(17)10-4-2-3-5-12(10)15/h9-12,14H,5-8,13H2,1-4H3;2-8,15-16H,1H3. The van der Waals surface area contributed by atoms with Crippen molar-refractivity contribution in [3.05, 3.63) is 83.4 Å². The highest BCUT2D eigenvalue weighted by Crippen LogP contribution is 2.28. The van der Waals surface area contributed by atoms with Crippen LogP contribution in [0.3, 0.4) is 0 Å². The van der Waals surface area contributed by atoms with Crippen LogP contribution in [0.2, 0.25) is 0 Å². The molecule has 3 aromatic carbocycles. The smallest absolute Gasteiger partial charge is 0.338 e. The largest absolute Gasteiger partial charge is 0.507 e. The summed E-state index contributed by atoms with van der Waals surface area (Å²) >= 11 is 0. The second-order valence-electron chi connectivity index (χ2n) is 9.19. The highest BCUT2D eigenvalue weighted by Gasteiger charge is 2.17. The number of hydrogen-bond acceptors (Lipinski definition) is 7. The normalized spacial score (nSPS) is 11.1. The maximum atomic E-state index is 12.1. The van der Waals surface area contributed by atoms with Gasteiger partial charge in [-0.25, -0.2) is 4.79 Å². The molecule has 3 aromatic rings. The van der Waals surface area contributed by atoms with Gasteiger partial charge in [0.1, 0.15) is 17.2 Å². The van der Waals surface area contributed by atoms with Crippen molar-refractivity contribution in [3.63, 3.8) is 0 Å². The van der Waals surface area contributed by atoms with Gasteiger partial charge >= 0.3 is 5.97 Å². The first-order valence-corrected chi connectivity index (χ1v) is 12.9. The van der Waals surface area contributed by atoms with E-state index in [1.807, 2.05) is 43.3 Å². The quantitative estimate of drug-likeness (QED) is 0.221. The Labute approximate surface area is 225 Å². The molecule has 204 valence electrons. The Morgan fingerprint density at radius 2 is 1.55 bits per heavy atom. The lowest BCUT2D eigenvalue weighted by Crippen LogP contribution is -2.14. The molecule has 7 nitrogen and oxygen atoms in total. The van der Waals surface area contributed by atoms with E-state index in [1.165, 1.54) is 44.2 Å². The van der Waals surface area contributed by atoms with Crippen molar-refractivity contribution >= 4 is 17.4 Å². The van der Waals surface area contributed by atoms with E-state index in [9.17, 15) is 19.8 Å². The second kappa shape index (κ2) is 15.3. The number of benzene rings is 3. The van der Waals surface area contributed by atoms with Gasteiger partial charge in [-0.3, -0.25) is 4.79 Å². The number of unbranched alkanes of at least 4 members (excludes halogenated alkanes) is 1. The Balaban J connectivity index is 0.000000268. The minimum Gasteiger partial charge on any atom is -0.507 e. The number of carbonyl (C=O) groups excluding carboxylic acids is 2.